The van der Waals surface area contributed by atoms with Gasteiger partial charge < -0.3 is 26.7 Å². The Morgan fingerprint density at radius 2 is 1.92 bits per heavy atom. The van der Waals surface area contributed by atoms with Crippen LogP contribution in [0.4, 0.5) is 17.3 Å². The smallest absolute Gasteiger partial charge is 0.418 e. The van der Waals surface area contributed by atoms with Gasteiger partial charge in [-0.2, -0.15) is 0 Å². The first-order valence-electron chi connectivity index (χ1n) is 3.59. The minimum absolute atomic E-state index is 0.222. The van der Waals surface area contributed by atoms with Crippen LogP contribution in [0.15, 0.2) is 0 Å². The zero-order chi connectivity index (χ0) is 9.61. The summed E-state index contributed by atoms with van der Waals surface area (Å²) in [6.45, 7) is 3.82. The molecule has 1 aliphatic heterocycles. The van der Waals surface area contributed by atoms with Crippen LogP contribution in [0.1, 0.15) is 13.3 Å². The molecule has 2 nitrogen and oxygen atoms in total. The molecule has 1 heterocycles. The number of ether oxygens (including phenoxy) is 2. The summed E-state index contributed by atoms with van der Waals surface area (Å²) in [6.07, 6.45) is 1.25. The molecule has 0 aromatic heterocycles. The largest absolute Gasteiger partial charge is 0.673 e. The molecule has 0 radical (unpaired) electrons. The molecule has 1 fully saturated rings. The summed E-state index contributed by atoms with van der Waals surface area (Å²) in [7, 11) is -6.00. The van der Waals surface area contributed by atoms with Gasteiger partial charge in [-0.1, -0.05) is 6.92 Å². The summed E-state index contributed by atoms with van der Waals surface area (Å²) >= 11 is 0. The Balaban J connectivity index is 0.000000217. The van der Waals surface area contributed by atoms with E-state index < -0.39 is 7.25 Å². The van der Waals surface area contributed by atoms with Gasteiger partial charge in [0, 0.05) is 6.42 Å². The van der Waals surface area contributed by atoms with Crippen molar-refractivity contribution in [3.05, 3.63) is 0 Å². The van der Waals surface area contributed by atoms with Gasteiger partial charge in [-0.05, 0) is 0 Å². The van der Waals surface area contributed by atoms with Crippen molar-refractivity contribution < 1.29 is 26.7 Å². The second kappa shape index (κ2) is 5.37. The minimum Gasteiger partial charge on any atom is -0.418 e. The van der Waals surface area contributed by atoms with Crippen molar-refractivity contribution in [3.8, 4) is 0 Å². The molecule has 0 amide bonds. The van der Waals surface area contributed by atoms with Crippen molar-refractivity contribution in [2.75, 3.05) is 13.2 Å². The summed E-state index contributed by atoms with van der Waals surface area (Å²) < 4.78 is 48.3. The summed E-state index contributed by atoms with van der Waals surface area (Å²) in [5.74, 6) is 0. The highest BCUT2D eigenvalue weighted by Gasteiger charge is 2.20. The third-order valence-corrected chi connectivity index (χ3v) is 1.08. The maximum absolute atomic E-state index is 9.75. The van der Waals surface area contributed by atoms with Gasteiger partial charge in [-0.25, -0.2) is 0 Å². The normalized spacial score (nSPS) is 23.2. The SMILES string of the molecule is CCC1OCC[OH+]1.F[B-](F)(F)F. The van der Waals surface area contributed by atoms with Crippen LogP contribution in [0, 0.1) is 0 Å². The van der Waals surface area contributed by atoms with Crippen molar-refractivity contribution in [2.45, 2.75) is 19.6 Å². The number of rotatable bonds is 1. The fourth-order valence-corrected chi connectivity index (χ4v) is 0.685. The fourth-order valence-electron chi connectivity index (χ4n) is 0.685. The van der Waals surface area contributed by atoms with E-state index in [1.807, 2.05) is 0 Å². The molecule has 0 bridgehead atoms. The van der Waals surface area contributed by atoms with E-state index in [2.05, 4.69) is 11.7 Å². The molecular weight excluding hydrogens is 179 g/mol. The molecule has 1 rings (SSSR count). The third kappa shape index (κ3) is 9.70. The Morgan fingerprint density at radius 1 is 1.42 bits per heavy atom. The first-order chi connectivity index (χ1) is 5.43. The molecule has 0 spiro atoms. The van der Waals surface area contributed by atoms with Crippen molar-refractivity contribution >= 4 is 7.25 Å². The van der Waals surface area contributed by atoms with Gasteiger partial charge >= 0.3 is 7.25 Å². The molecule has 7 heteroatoms. The van der Waals surface area contributed by atoms with Crippen LogP contribution in [0.25, 0.3) is 0 Å². The zero-order valence-corrected chi connectivity index (χ0v) is 6.64. The molecule has 12 heavy (non-hydrogen) atoms. The summed E-state index contributed by atoms with van der Waals surface area (Å²) in [6, 6.07) is 0. The fraction of sp³-hybridized carbons (Fsp3) is 1.00. The predicted molar refractivity (Wildman–Crippen MR) is 37.3 cm³/mol. The van der Waals surface area contributed by atoms with Crippen LogP contribution < -0.4 is 0 Å². The van der Waals surface area contributed by atoms with Gasteiger partial charge in [0.1, 0.15) is 6.61 Å². The van der Waals surface area contributed by atoms with Gasteiger partial charge in [0.2, 0.25) is 0 Å². The molecule has 74 valence electrons. The monoisotopic (exact) mass is 190 g/mol. The van der Waals surface area contributed by atoms with E-state index in [-0.39, 0.29) is 6.29 Å². The van der Waals surface area contributed by atoms with Crippen LogP contribution >= 0.6 is 0 Å². The maximum atomic E-state index is 9.75. The summed E-state index contributed by atoms with van der Waals surface area (Å²) in [5.41, 5.74) is 0. The van der Waals surface area contributed by atoms with Crippen LogP contribution in [0.3, 0.4) is 0 Å². The second-order valence-corrected chi connectivity index (χ2v) is 2.13. The lowest BCUT2D eigenvalue weighted by Crippen LogP contribution is -2.07. The quantitative estimate of drug-likeness (QED) is 0.349. The summed E-state index contributed by atoms with van der Waals surface area (Å²) in [4.78, 5) is 0. The molecule has 0 saturated carbocycles. The van der Waals surface area contributed by atoms with E-state index in [9.17, 15) is 17.3 Å². The molecule has 1 aliphatic rings. The molecular formula is C5H11BF4O2. The highest BCUT2D eigenvalue weighted by molar-refractivity contribution is 6.50. The molecule has 0 aromatic carbocycles. The van der Waals surface area contributed by atoms with Crippen molar-refractivity contribution in [1.82, 2.24) is 0 Å². The first kappa shape index (κ1) is 11.7. The average molecular weight is 190 g/mol. The van der Waals surface area contributed by atoms with E-state index in [0.717, 1.165) is 19.6 Å². The first-order valence-corrected chi connectivity index (χ1v) is 3.59. The van der Waals surface area contributed by atoms with Gasteiger partial charge in [0.15, 0.2) is 6.61 Å². The highest BCUT2D eigenvalue weighted by atomic mass is 19.5. The molecule has 0 aliphatic carbocycles. The van der Waals surface area contributed by atoms with Gasteiger partial charge in [0.25, 0.3) is 6.29 Å². The van der Waals surface area contributed by atoms with Crippen molar-refractivity contribution in [3.63, 3.8) is 0 Å². The number of hydrogen-bond donors (Lipinski definition) is 0. The topological polar surface area (TPSA) is 22.0 Å². The summed E-state index contributed by atoms with van der Waals surface area (Å²) in [5, 5.41) is 0. The van der Waals surface area contributed by atoms with Crippen LogP contribution in [0.5, 0.6) is 0 Å². The molecule has 1 saturated heterocycles. The van der Waals surface area contributed by atoms with Gasteiger partial charge in [-0.3, -0.25) is 0 Å². The third-order valence-electron chi connectivity index (χ3n) is 1.08. The second-order valence-electron chi connectivity index (χ2n) is 2.13. The Morgan fingerprint density at radius 3 is 2.08 bits per heavy atom. The highest BCUT2D eigenvalue weighted by Crippen LogP contribution is 2.06. The Kier molecular flexibility index (Phi) is 5.24. The Hall–Kier alpha value is -0.295. The lowest BCUT2D eigenvalue weighted by atomic mass is 10.3. The Labute approximate surface area is 67.9 Å². The molecule has 0 aromatic rings. The molecule has 1 atom stereocenters. The maximum Gasteiger partial charge on any atom is 0.673 e. The van der Waals surface area contributed by atoms with E-state index in [4.69, 9.17) is 4.74 Å². The van der Waals surface area contributed by atoms with Crippen LogP contribution in [-0.2, 0) is 4.74 Å². The zero-order valence-electron chi connectivity index (χ0n) is 6.64. The number of aliphatic hydroxyl groups is 2. The molecule has 1 unspecified atom stereocenters. The van der Waals surface area contributed by atoms with E-state index in [1.165, 1.54) is 0 Å². The van der Waals surface area contributed by atoms with E-state index >= 15 is 0 Å². The van der Waals surface area contributed by atoms with Gasteiger partial charge in [-0.15, -0.1) is 0 Å². The lowest BCUT2D eigenvalue weighted by molar-refractivity contribution is -0.149. The number of hydrogen-bond acceptors (Lipinski definition) is 1. The minimum atomic E-state index is -6.00. The lowest BCUT2D eigenvalue weighted by Gasteiger charge is -1.96. The van der Waals surface area contributed by atoms with Crippen LogP contribution in [-0.4, -0.2) is 31.5 Å². The van der Waals surface area contributed by atoms with Crippen LogP contribution in [0.2, 0.25) is 0 Å². The average Bonchev–Trinajstić information content (AvgIpc) is 2.33. The molecule has 1 N–H and O–H groups in total. The standard InChI is InChI=1S/C5H10O2.BF4/c1-2-5-6-3-4-7-5;2-1(3,4)5/h5H,2-4H2,1H3;/q;-1/p+1. The number of halogens is 4. The van der Waals surface area contributed by atoms with Gasteiger partial charge in [0.05, 0.1) is 0 Å². The van der Waals surface area contributed by atoms with E-state index in [0.29, 0.717) is 0 Å². The van der Waals surface area contributed by atoms with Crippen molar-refractivity contribution in [1.29, 1.82) is 0 Å². The Bertz CT molecular complexity index is 107. The predicted octanol–water partition coefficient (Wildman–Crippen LogP) is 1.58. The van der Waals surface area contributed by atoms with E-state index in [1.54, 1.807) is 0 Å². The van der Waals surface area contributed by atoms with Crippen molar-refractivity contribution in [2.24, 2.45) is 0 Å².